The molecule has 0 spiro atoms. The minimum Gasteiger partial charge on any atom is -0.444 e. The van der Waals surface area contributed by atoms with Crippen molar-refractivity contribution < 1.29 is 9.53 Å². The van der Waals surface area contributed by atoms with E-state index in [4.69, 9.17) is 16.3 Å². The number of alkyl halides is 1. The molecule has 0 aromatic carbocycles. The maximum atomic E-state index is 11.5. The molecule has 4 heteroatoms. The topological polar surface area (TPSA) is 29.5 Å². The van der Waals surface area contributed by atoms with E-state index in [0.29, 0.717) is 19.0 Å². The monoisotopic (exact) mass is 217 g/mol. The summed E-state index contributed by atoms with van der Waals surface area (Å²) >= 11 is 5.66. The second-order valence-corrected chi connectivity index (χ2v) is 4.62. The quantitative estimate of drug-likeness (QED) is 0.499. The number of rotatable bonds is 1. The van der Waals surface area contributed by atoms with Crippen molar-refractivity contribution in [3.05, 3.63) is 11.6 Å². The SMILES string of the molecule is CC(C)(C)OC(=O)N1CC=C(CCl)C1. The lowest BCUT2D eigenvalue weighted by Crippen LogP contribution is -2.35. The third-order valence-electron chi connectivity index (χ3n) is 1.82. The van der Waals surface area contributed by atoms with Gasteiger partial charge in [-0.05, 0) is 26.3 Å². The zero-order valence-electron chi connectivity index (χ0n) is 8.84. The molecule has 0 bridgehead atoms. The second-order valence-electron chi connectivity index (χ2n) is 4.36. The van der Waals surface area contributed by atoms with E-state index in [1.807, 2.05) is 26.8 Å². The Kier molecular flexibility index (Phi) is 3.43. The molecule has 1 aliphatic rings. The van der Waals surface area contributed by atoms with Crippen molar-refractivity contribution in [1.29, 1.82) is 0 Å². The van der Waals surface area contributed by atoms with Gasteiger partial charge >= 0.3 is 6.09 Å². The van der Waals surface area contributed by atoms with E-state index in [1.54, 1.807) is 4.90 Å². The molecule has 1 aliphatic heterocycles. The average Bonchev–Trinajstić information content (AvgIpc) is 2.48. The van der Waals surface area contributed by atoms with Crippen LogP contribution in [0, 0.1) is 0 Å². The van der Waals surface area contributed by atoms with Gasteiger partial charge in [-0.2, -0.15) is 0 Å². The summed E-state index contributed by atoms with van der Waals surface area (Å²) in [5.41, 5.74) is 0.651. The van der Waals surface area contributed by atoms with Crippen LogP contribution in [0.25, 0.3) is 0 Å². The minimum absolute atomic E-state index is 0.270. The molecule has 14 heavy (non-hydrogen) atoms. The van der Waals surface area contributed by atoms with Crippen molar-refractivity contribution in [1.82, 2.24) is 4.90 Å². The molecule has 0 aromatic heterocycles. The van der Waals surface area contributed by atoms with Gasteiger partial charge in [0, 0.05) is 19.0 Å². The van der Waals surface area contributed by atoms with Gasteiger partial charge in [0.15, 0.2) is 0 Å². The highest BCUT2D eigenvalue weighted by molar-refractivity contribution is 6.19. The van der Waals surface area contributed by atoms with Gasteiger partial charge in [-0.1, -0.05) is 6.08 Å². The minimum atomic E-state index is -0.430. The first kappa shape index (κ1) is 11.4. The molecule has 1 heterocycles. The van der Waals surface area contributed by atoms with E-state index in [-0.39, 0.29) is 6.09 Å². The number of ether oxygens (including phenoxy) is 1. The smallest absolute Gasteiger partial charge is 0.410 e. The lowest BCUT2D eigenvalue weighted by atomic mass is 10.2. The van der Waals surface area contributed by atoms with Gasteiger partial charge in [-0.3, -0.25) is 0 Å². The molecule has 0 aliphatic carbocycles. The van der Waals surface area contributed by atoms with Gasteiger partial charge in [0.1, 0.15) is 5.60 Å². The van der Waals surface area contributed by atoms with Gasteiger partial charge in [0.2, 0.25) is 0 Å². The second kappa shape index (κ2) is 4.22. The molecule has 0 fully saturated rings. The van der Waals surface area contributed by atoms with E-state index >= 15 is 0 Å². The number of halogens is 1. The summed E-state index contributed by atoms with van der Waals surface area (Å²) in [6.07, 6.45) is 1.70. The van der Waals surface area contributed by atoms with Crippen LogP contribution in [0.3, 0.4) is 0 Å². The Bertz CT molecular complexity index is 255. The van der Waals surface area contributed by atoms with Gasteiger partial charge < -0.3 is 9.64 Å². The first-order chi connectivity index (χ1) is 6.42. The normalized spacial score (nSPS) is 16.9. The van der Waals surface area contributed by atoms with E-state index < -0.39 is 5.60 Å². The van der Waals surface area contributed by atoms with Crippen LogP contribution in [-0.4, -0.2) is 35.6 Å². The third-order valence-corrected chi connectivity index (χ3v) is 2.16. The Balaban J connectivity index is 2.42. The van der Waals surface area contributed by atoms with Crippen LogP contribution in [0.1, 0.15) is 20.8 Å². The molecule has 0 saturated carbocycles. The van der Waals surface area contributed by atoms with Crippen LogP contribution < -0.4 is 0 Å². The van der Waals surface area contributed by atoms with E-state index in [0.717, 1.165) is 5.57 Å². The van der Waals surface area contributed by atoms with Crippen LogP contribution in [0.15, 0.2) is 11.6 Å². The zero-order chi connectivity index (χ0) is 10.8. The summed E-state index contributed by atoms with van der Waals surface area (Å²) in [4.78, 5) is 13.2. The van der Waals surface area contributed by atoms with Gasteiger partial charge in [-0.15, -0.1) is 11.6 Å². The standard InChI is InChI=1S/C10H16ClNO2/c1-10(2,3)14-9(13)12-5-4-8(6-11)7-12/h4H,5-7H2,1-3H3. The van der Waals surface area contributed by atoms with Crippen molar-refractivity contribution in [3.63, 3.8) is 0 Å². The Labute approximate surface area is 89.7 Å². The first-order valence-corrected chi connectivity index (χ1v) is 5.17. The van der Waals surface area contributed by atoms with Crippen molar-refractivity contribution in [2.75, 3.05) is 19.0 Å². The van der Waals surface area contributed by atoms with Crippen LogP contribution in [0.5, 0.6) is 0 Å². The summed E-state index contributed by atoms with van der Waals surface area (Å²) in [6.45, 7) is 6.78. The Morgan fingerprint density at radius 3 is 2.71 bits per heavy atom. The summed E-state index contributed by atoms with van der Waals surface area (Å²) in [7, 11) is 0. The third kappa shape index (κ3) is 3.22. The number of nitrogens with zero attached hydrogens (tertiary/aromatic N) is 1. The summed E-state index contributed by atoms with van der Waals surface area (Å²) in [5.74, 6) is 0.485. The Morgan fingerprint density at radius 1 is 1.64 bits per heavy atom. The Hall–Kier alpha value is -0.700. The largest absolute Gasteiger partial charge is 0.444 e. The molecule has 1 amide bonds. The van der Waals surface area contributed by atoms with E-state index in [2.05, 4.69) is 0 Å². The number of carbonyl (C=O) groups excluding carboxylic acids is 1. The van der Waals surface area contributed by atoms with Crippen LogP contribution in [-0.2, 0) is 4.74 Å². The number of hydrogen-bond acceptors (Lipinski definition) is 2. The molecule has 0 saturated heterocycles. The predicted molar refractivity (Wildman–Crippen MR) is 56.6 cm³/mol. The number of carbonyl (C=O) groups is 1. The van der Waals surface area contributed by atoms with Gasteiger partial charge in [0.25, 0.3) is 0 Å². The molecule has 1 rings (SSSR count). The summed E-state index contributed by atoms with van der Waals surface area (Å²) < 4.78 is 5.23. The lowest BCUT2D eigenvalue weighted by molar-refractivity contribution is 0.0302. The van der Waals surface area contributed by atoms with Crippen LogP contribution in [0.2, 0.25) is 0 Å². The van der Waals surface area contributed by atoms with Crippen molar-refractivity contribution >= 4 is 17.7 Å². The zero-order valence-corrected chi connectivity index (χ0v) is 9.60. The van der Waals surface area contributed by atoms with Crippen molar-refractivity contribution in [2.45, 2.75) is 26.4 Å². The van der Waals surface area contributed by atoms with Crippen molar-refractivity contribution in [2.24, 2.45) is 0 Å². The maximum Gasteiger partial charge on any atom is 0.410 e. The molecule has 80 valence electrons. The average molecular weight is 218 g/mol. The molecular weight excluding hydrogens is 202 g/mol. The molecular formula is C10H16ClNO2. The van der Waals surface area contributed by atoms with E-state index in [9.17, 15) is 4.79 Å². The lowest BCUT2D eigenvalue weighted by Gasteiger charge is -2.24. The summed E-state index contributed by atoms with van der Waals surface area (Å²) in [6, 6.07) is 0. The highest BCUT2D eigenvalue weighted by atomic mass is 35.5. The molecule has 3 nitrogen and oxygen atoms in total. The first-order valence-electron chi connectivity index (χ1n) is 4.64. The van der Waals surface area contributed by atoms with E-state index in [1.165, 1.54) is 0 Å². The van der Waals surface area contributed by atoms with Crippen molar-refractivity contribution in [3.8, 4) is 0 Å². The number of amides is 1. The molecule has 0 radical (unpaired) electrons. The predicted octanol–water partition coefficient (Wildman–Crippen LogP) is 2.40. The van der Waals surface area contributed by atoms with Crippen LogP contribution in [0.4, 0.5) is 4.79 Å². The Morgan fingerprint density at radius 2 is 2.29 bits per heavy atom. The van der Waals surface area contributed by atoms with Crippen LogP contribution >= 0.6 is 11.6 Å². The number of hydrogen-bond donors (Lipinski definition) is 0. The molecule has 0 atom stereocenters. The molecule has 0 N–H and O–H groups in total. The fraction of sp³-hybridized carbons (Fsp3) is 0.700. The highest BCUT2D eigenvalue weighted by Gasteiger charge is 2.24. The van der Waals surface area contributed by atoms with Gasteiger partial charge in [0.05, 0.1) is 0 Å². The summed E-state index contributed by atoms with van der Waals surface area (Å²) in [5, 5.41) is 0. The highest BCUT2D eigenvalue weighted by Crippen LogP contribution is 2.15. The maximum absolute atomic E-state index is 11.5. The molecule has 0 unspecified atom stereocenters. The fourth-order valence-corrected chi connectivity index (χ4v) is 1.37. The van der Waals surface area contributed by atoms with Gasteiger partial charge in [-0.25, -0.2) is 4.79 Å². The molecule has 0 aromatic rings. The fourth-order valence-electron chi connectivity index (χ4n) is 1.18.